The quantitative estimate of drug-likeness (QED) is 0.719. The van der Waals surface area contributed by atoms with E-state index in [4.69, 9.17) is 14.2 Å². The Bertz CT molecular complexity index is 708. The number of methoxy groups -OCH3 is 3. The minimum Gasteiger partial charge on any atom is -0.493 e. The predicted molar refractivity (Wildman–Crippen MR) is 104 cm³/mol. The lowest BCUT2D eigenvalue weighted by Crippen LogP contribution is -2.47. The molecule has 7 nitrogen and oxygen atoms in total. The van der Waals surface area contributed by atoms with Crippen molar-refractivity contribution in [2.45, 2.75) is 50.7 Å². The van der Waals surface area contributed by atoms with E-state index in [9.17, 15) is 9.59 Å². The second kappa shape index (κ2) is 9.28. The van der Waals surface area contributed by atoms with Crippen LogP contribution in [0.2, 0.25) is 0 Å². The van der Waals surface area contributed by atoms with Crippen LogP contribution in [-0.4, -0.2) is 56.7 Å². The van der Waals surface area contributed by atoms with Gasteiger partial charge in [0.25, 0.3) is 0 Å². The molecule has 0 bridgehead atoms. The smallest absolute Gasteiger partial charge is 0.323 e. The van der Waals surface area contributed by atoms with E-state index in [1.165, 1.54) is 13.5 Å². The number of amides is 1. The van der Waals surface area contributed by atoms with Gasteiger partial charge in [0.15, 0.2) is 11.5 Å². The Morgan fingerprint density at radius 3 is 2.57 bits per heavy atom. The lowest BCUT2D eigenvalue weighted by atomic mass is 9.85. The van der Waals surface area contributed by atoms with Crippen LogP contribution >= 0.6 is 0 Å². The van der Waals surface area contributed by atoms with Crippen LogP contribution in [0.4, 0.5) is 0 Å². The fourth-order valence-electron chi connectivity index (χ4n) is 4.56. The summed E-state index contributed by atoms with van der Waals surface area (Å²) in [6.07, 6.45) is 5.32. The zero-order valence-corrected chi connectivity index (χ0v) is 16.9. The number of fused-ring (bicyclic) bond motifs is 1. The van der Waals surface area contributed by atoms with Crippen molar-refractivity contribution < 1.29 is 23.8 Å². The number of ether oxygens (including phenoxy) is 3. The molecule has 0 unspecified atom stereocenters. The molecule has 1 saturated carbocycles. The Balaban J connectivity index is 1.61. The minimum absolute atomic E-state index is 0.0880. The highest BCUT2D eigenvalue weighted by Crippen LogP contribution is 2.39. The van der Waals surface area contributed by atoms with E-state index in [2.05, 4.69) is 10.2 Å². The fourth-order valence-corrected chi connectivity index (χ4v) is 4.56. The molecule has 28 heavy (non-hydrogen) atoms. The van der Waals surface area contributed by atoms with Gasteiger partial charge in [-0.2, -0.15) is 0 Å². The first-order valence-electron chi connectivity index (χ1n) is 9.88. The summed E-state index contributed by atoms with van der Waals surface area (Å²) in [6.45, 7) is 0.609. The van der Waals surface area contributed by atoms with Crippen molar-refractivity contribution in [1.82, 2.24) is 10.2 Å². The number of nitrogens with one attached hydrogen (secondary N) is 1. The van der Waals surface area contributed by atoms with Crippen molar-refractivity contribution in [3.8, 4) is 11.5 Å². The minimum atomic E-state index is -0.315. The molecule has 0 radical (unpaired) electrons. The van der Waals surface area contributed by atoms with E-state index in [1.807, 2.05) is 18.2 Å². The number of esters is 1. The molecule has 1 aliphatic heterocycles. The number of likely N-dealkylation sites (tertiary alicyclic amines) is 1. The summed E-state index contributed by atoms with van der Waals surface area (Å²) in [7, 11) is 4.59. The molecule has 0 spiro atoms. The van der Waals surface area contributed by atoms with Crippen molar-refractivity contribution >= 4 is 11.9 Å². The summed E-state index contributed by atoms with van der Waals surface area (Å²) >= 11 is 0. The van der Waals surface area contributed by atoms with E-state index in [1.54, 1.807) is 14.2 Å². The first kappa shape index (κ1) is 20.5. The van der Waals surface area contributed by atoms with Crippen LogP contribution in [0.15, 0.2) is 18.2 Å². The van der Waals surface area contributed by atoms with Crippen LogP contribution in [0.1, 0.15) is 37.7 Å². The van der Waals surface area contributed by atoms with Gasteiger partial charge < -0.3 is 19.5 Å². The monoisotopic (exact) mass is 390 g/mol. The molecule has 0 aromatic heterocycles. The number of carbonyl (C=O) groups excluding carboxylic acids is 2. The molecular formula is C21H30N2O5. The van der Waals surface area contributed by atoms with Crippen molar-refractivity contribution in [1.29, 1.82) is 0 Å². The largest absolute Gasteiger partial charge is 0.493 e. The van der Waals surface area contributed by atoms with Gasteiger partial charge in [-0.1, -0.05) is 18.9 Å². The summed E-state index contributed by atoms with van der Waals surface area (Å²) in [5, 5.41) is 2.96. The third-order valence-corrected chi connectivity index (χ3v) is 5.96. The zero-order chi connectivity index (χ0) is 20.1. The average molecular weight is 390 g/mol. The molecular weight excluding hydrogens is 360 g/mol. The normalized spacial score (nSPS) is 24.3. The molecule has 2 fully saturated rings. The maximum Gasteiger partial charge on any atom is 0.323 e. The molecule has 1 saturated heterocycles. The third kappa shape index (κ3) is 4.41. The van der Waals surface area contributed by atoms with Crippen molar-refractivity contribution in [3.63, 3.8) is 0 Å². The molecule has 3 atom stereocenters. The van der Waals surface area contributed by atoms with E-state index < -0.39 is 0 Å². The van der Waals surface area contributed by atoms with Crippen molar-refractivity contribution in [2.75, 3.05) is 27.9 Å². The Kier molecular flexibility index (Phi) is 6.78. The Morgan fingerprint density at radius 1 is 1.11 bits per heavy atom. The molecule has 1 aromatic rings. The molecule has 1 amide bonds. The van der Waals surface area contributed by atoms with E-state index in [0.717, 1.165) is 31.2 Å². The SMILES string of the molecule is COC(=O)[C@@H]1C[C@H]2CCCC[C@H]2N1CC(=O)NCc1ccc(OC)c(OC)c1. The van der Waals surface area contributed by atoms with Crippen LogP contribution < -0.4 is 14.8 Å². The topological polar surface area (TPSA) is 77.1 Å². The van der Waals surface area contributed by atoms with E-state index >= 15 is 0 Å². The van der Waals surface area contributed by atoms with Gasteiger partial charge in [0.05, 0.1) is 27.9 Å². The maximum atomic E-state index is 12.6. The highest BCUT2D eigenvalue weighted by atomic mass is 16.5. The standard InChI is InChI=1S/C21H30N2O5/c1-26-18-9-8-14(10-19(18)27-2)12-22-20(24)13-23-16-7-5-4-6-15(16)11-17(23)21(25)28-3/h8-10,15-17H,4-7,11-13H2,1-3H3,(H,22,24)/t15-,16-,17+/m1/s1. The Labute approximate surface area is 166 Å². The summed E-state index contributed by atoms with van der Waals surface area (Å²) in [5.41, 5.74) is 0.924. The first-order valence-corrected chi connectivity index (χ1v) is 9.88. The summed E-state index contributed by atoms with van der Waals surface area (Å²) in [5.74, 6) is 1.44. The average Bonchev–Trinajstić information content (AvgIpc) is 3.09. The second-order valence-corrected chi connectivity index (χ2v) is 7.52. The predicted octanol–water partition coefficient (Wildman–Crippen LogP) is 2.13. The van der Waals surface area contributed by atoms with Crippen LogP contribution in [0.3, 0.4) is 0 Å². The Hall–Kier alpha value is -2.28. The van der Waals surface area contributed by atoms with Crippen molar-refractivity contribution in [3.05, 3.63) is 23.8 Å². The van der Waals surface area contributed by atoms with Gasteiger partial charge in [0.1, 0.15) is 6.04 Å². The number of nitrogens with zero attached hydrogens (tertiary/aromatic N) is 1. The molecule has 7 heteroatoms. The number of hydrogen-bond acceptors (Lipinski definition) is 6. The van der Waals surface area contributed by atoms with Gasteiger partial charge >= 0.3 is 5.97 Å². The number of rotatable bonds is 7. The van der Waals surface area contributed by atoms with Gasteiger partial charge in [-0.05, 0) is 42.9 Å². The number of hydrogen-bond donors (Lipinski definition) is 1. The highest BCUT2D eigenvalue weighted by Gasteiger charge is 2.46. The number of carbonyl (C=O) groups is 2. The summed E-state index contributed by atoms with van der Waals surface area (Å²) in [4.78, 5) is 26.9. The van der Waals surface area contributed by atoms with E-state index in [-0.39, 0.29) is 24.5 Å². The van der Waals surface area contributed by atoms with Gasteiger partial charge in [-0.3, -0.25) is 14.5 Å². The molecule has 1 heterocycles. The third-order valence-electron chi connectivity index (χ3n) is 5.96. The van der Waals surface area contributed by atoms with Gasteiger partial charge in [-0.25, -0.2) is 0 Å². The summed E-state index contributed by atoms with van der Waals surface area (Å²) in [6, 6.07) is 5.55. The van der Waals surface area contributed by atoms with Gasteiger partial charge in [0.2, 0.25) is 5.91 Å². The van der Waals surface area contributed by atoms with Crippen molar-refractivity contribution in [2.24, 2.45) is 5.92 Å². The molecule has 1 N–H and O–H groups in total. The van der Waals surface area contributed by atoms with E-state index in [0.29, 0.717) is 30.0 Å². The Morgan fingerprint density at radius 2 is 1.86 bits per heavy atom. The summed E-state index contributed by atoms with van der Waals surface area (Å²) < 4.78 is 15.5. The molecule has 2 aliphatic rings. The maximum absolute atomic E-state index is 12.6. The lowest BCUT2D eigenvalue weighted by Gasteiger charge is -2.32. The first-order chi connectivity index (χ1) is 13.6. The zero-order valence-electron chi connectivity index (χ0n) is 16.9. The molecule has 154 valence electrons. The number of benzene rings is 1. The second-order valence-electron chi connectivity index (χ2n) is 7.52. The van der Waals surface area contributed by atoms with Gasteiger partial charge in [-0.15, -0.1) is 0 Å². The van der Waals surface area contributed by atoms with Crippen LogP contribution in [0.25, 0.3) is 0 Å². The van der Waals surface area contributed by atoms with Gasteiger partial charge in [0, 0.05) is 12.6 Å². The van der Waals surface area contributed by atoms with Crippen LogP contribution in [-0.2, 0) is 20.9 Å². The highest BCUT2D eigenvalue weighted by molar-refractivity contribution is 5.81. The molecule has 1 aliphatic carbocycles. The fraction of sp³-hybridized carbons (Fsp3) is 0.619. The van der Waals surface area contributed by atoms with Crippen LogP contribution in [0, 0.1) is 5.92 Å². The molecule has 1 aromatic carbocycles. The van der Waals surface area contributed by atoms with Crippen LogP contribution in [0.5, 0.6) is 11.5 Å². The lowest BCUT2D eigenvalue weighted by molar-refractivity contribution is -0.146. The molecule has 3 rings (SSSR count).